The average Bonchev–Trinajstić information content (AvgIpc) is 2.09. The van der Waals surface area contributed by atoms with E-state index in [1.807, 2.05) is 11.8 Å². The number of unbranched alkanes of at least 4 members (excludes halogenated alkanes) is 5. The van der Waals surface area contributed by atoms with Gasteiger partial charge in [0.2, 0.25) is 0 Å². The second kappa shape index (κ2) is 9.90. The molecule has 78 valence electrons. The van der Waals surface area contributed by atoms with Gasteiger partial charge in [-0.3, -0.25) is 4.79 Å². The predicted molar refractivity (Wildman–Crippen MR) is 58.3 cm³/mol. The van der Waals surface area contributed by atoms with E-state index >= 15 is 0 Å². The lowest BCUT2D eigenvalue weighted by Gasteiger charge is -1.99. The van der Waals surface area contributed by atoms with Crippen LogP contribution in [0.25, 0.3) is 0 Å². The maximum absolute atomic E-state index is 10.2. The Morgan fingerprint density at radius 1 is 1.08 bits per heavy atom. The van der Waals surface area contributed by atoms with Crippen LogP contribution in [0.3, 0.4) is 0 Å². The van der Waals surface area contributed by atoms with Crippen LogP contribution >= 0.6 is 11.8 Å². The molecular weight excluding hydrogens is 184 g/mol. The summed E-state index contributed by atoms with van der Waals surface area (Å²) in [6.07, 6.45) is 9.46. The zero-order valence-corrected chi connectivity index (χ0v) is 9.24. The van der Waals surface area contributed by atoms with E-state index in [2.05, 4.69) is 6.26 Å². The van der Waals surface area contributed by atoms with Crippen LogP contribution in [0.15, 0.2) is 0 Å². The van der Waals surface area contributed by atoms with Crippen molar-refractivity contribution in [2.24, 2.45) is 0 Å². The molecule has 0 aliphatic carbocycles. The van der Waals surface area contributed by atoms with Crippen molar-refractivity contribution in [2.45, 2.75) is 44.9 Å². The van der Waals surface area contributed by atoms with Crippen LogP contribution in [0.4, 0.5) is 0 Å². The van der Waals surface area contributed by atoms with Gasteiger partial charge in [0.05, 0.1) is 0 Å². The summed E-state index contributed by atoms with van der Waals surface area (Å²) in [6, 6.07) is 0. The highest BCUT2D eigenvalue weighted by Crippen LogP contribution is 2.08. The van der Waals surface area contributed by atoms with E-state index in [1.165, 1.54) is 31.4 Å². The zero-order valence-electron chi connectivity index (χ0n) is 8.42. The molecule has 2 nitrogen and oxygen atoms in total. The summed E-state index contributed by atoms with van der Waals surface area (Å²) >= 11 is 1.90. The number of rotatable bonds is 9. The van der Waals surface area contributed by atoms with Crippen molar-refractivity contribution in [2.75, 3.05) is 12.0 Å². The van der Waals surface area contributed by atoms with Crippen molar-refractivity contribution in [1.82, 2.24) is 0 Å². The fraction of sp³-hybridized carbons (Fsp3) is 0.900. The highest BCUT2D eigenvalue weighted by molar-refractivity contribution is 7.98. The second-order valence-corrected chi connectivity index (χ2v) is 4.24. The van der Waals surface area contributed by atoms with Gasteiger partial charge in [-0.05, 0) is 24.9 Å². The summed E-state index contributed by atoms with van der Waals surface area (Å²) < 4.78 is 0. The summed E-state index contributed by atoms with van der Waals surface area (Å²) in [5.74, 6) is 0.595. The molecule has 0 heterocycles. The van der Waals surface area contributed by atoms with Gasteiger partial charge in [0.1, 0.15) is 0 Å². The monoisotopic (exact) mass is 204 g/mol. The maximum Gasteiger partial charge on any atom is 0.303 e. The first-order valence-corrected chi connectivity index (χ1v) is 6.37. The molecule has 0 saturated heterocycles. The van der Waals surface area contributed by atoms with Crippen molar-refractivity contribution in [3.05, 3.63) is 0 Å². The fourth-order valence-electron chi connectivity index (χ4n) is 1.23. The molecule has 0 atom stereocenters. The van der Waals surface area contributed by atoms with Gasteiger partial charge in [-0.1, -0.05) is 25.7 Å². The Kier molecular flexibility index (Phi) is 9.77. The van der Waals surface area contributed by atoms with E-state index in [4.69, 9.17) is 5.11 Å². The topological polar surface area (TPSA) is 37.3 Å². The minimum absolute atomic E-state index is 0.338. The zero-order chi connectivity index (χ0) is 9.94. The number of hydrogen-bond donors (Lipinski definition) is 1. The molecule has 0 aliphatic rings. The number of aliphatic carboxylic acids is 1. The van der Waals surface area contributed by atoms with Gasteiger partial charge in [0, 0.05) is 6.42 Å². The smallest absolute Gasteiger partial charge is 0.303 e. The van der Waals surface area contributed by atoms with E-state index in [0.717, 1.165) is 12.8 Å². The molecule has 0 unspecified atom stereocenters. The van der Waals surface area contributed by atoms with Crippen molar-refractivity contribution >= 4 is 17.7 Å². The molecule has 3 heteroatoms. The largest absolute Gasteiger partial charge is 0.481 e. The minimum Gasteiger partial charge on any atom is -0.481 e. The van der Waals surface area contributed by atoms with Crippen LogP contribution in [0.5, 0.6) is 0 Å². The van der Waals surface area contributed by atoms with Crippen LogP contribution < -0.4 is 0 Å². The van der Waals surface area contributed by atoms with Crippen molar-refractivity contribution < 1.29 is 9.90 Å². The van der Waals surface area contributed by atoms with Crippen molar-refractivity contribution in [1.29, 1.82) is 0 Å². The third-order valence-corrected chi connectivity index (χ3v) is 2.69. The molecule has 1 N–H and O–H groups in total. The normalized spacial score (nSPS) is 10.2. The molecular formula is C10H20O2S. The first kappa shape index (κ1) is 12.8. The van der Waals surface area contributed by atoms with Gasteiger partial charge in [-0.25, -0.2) is 0 Å². The Labute approximate surface area is 85.1 Å². The van der Waals surface area contributed by atoms with Gasteiger partial charge < -0.3 is 5.11 Å². The molecule has 0 rings (SSSR count). The lowest BCUT2D eigenvalue weighted by atomic mass is 10.1. The predicted octanol–water partition coefficient (Wildman–Crippen LogP) is 3.16. The summed E-state index contributed by atoms with van der Waals surface area (Å²) in [5, 5.41) is 8.38. The standard InChI is InChI=1S/C10H20O2S/c1-13-9-7-5-3-2-4-6-8-10(11)12/h2-9H2,1H3,(H,11,12). The maximum atomic E-state index is 10.2. The van der Waals surface area contributed by atoms with E-state index in [0.29, 0.717) is 6.42 Å². The quantitative estimate of drug-likeness (QED) is 0.586. The van der Waals surface area contributed by atoms with Crippen molar-refractivity contribution in [3.8, 4) is 0 Å². The minimum atomic E-state index is -0.664. The molecule has 0 amide bonds. The summed E-state index contributed by atoms with van der Waals surface area (Å²) in [5.41, 5.74) is 0. The number of hydrogen-bond acceptors (Lipinski definition) is 2. The molecule has 0 saturated carbocycles. The molecule has 0 fully saturated rings. The lowest BCUT2D eigenvalue weighted by molar-refractivity contribution is -0.137. The van der Waals surface area contributed by atoms with Gasteiger partial charge in [-0.15, -0.1) is 0 Å². The van der Waals surface area contributed by atoms with Crippen LogP contribution in [0, 0.1) is 0 Å². The molecule has 0 aromatic heterocycles. The van der Waals surface area contributed by atoms with Crippen LogP contribution in [-0.4, -0.2) is 23.1 Å². The lowest BCUT2D eigenvalue weighted by Crippen LogP contribution is -1.93. The highest BCUT2D eigenvalue weighted by Gasteiger charge is 1.96. The first-order chi connectivity index (χ1) is 6.27. The van der Waals surface area contributed by atoms with Gasteiger partial charge in [0.15, 0.2) is 0 Å². The van der Waals surface area contributed by atoms with Crippen LogP contribution in [0.1, 0.15) is 44.9 Å². The Hall–Kier alpha value is -0.180. The highest BCUT2D eigenvalue weighted by atomic mass is 32.2. The van der Waals surface area contributed by atoms with Crippen molar-refractivity contribution in [3.63, 3.8) is 0 Å². The Morgan fingerprint density at radius 2 is 1.62 bits per heavy atom. The molecule has 0 aromatic rings. The molecule has 0 aliphatic heterocycles. The molecule has 0 radical (unpaired) electrons. The molecule has 0 bridgehead atoms. The van der Waals surface area contributed by atoms with Gasteiger partial charge >= 0.3 is 5.97 Å². The summed E-state index contributed by atoms with van der Waals surface area (Å²) in [7, 11) is 0. The Morgan fingerprint density at radius 3 is 2.15 bits per heavy atom. The number of carbonyl (C=O) groups is 1. The van der Waals surface area contributed by atoms with E-state index in [9.17, 15) is 4.79 Å². The molecule has 0 spiro atoms. The third kappa shape index (κ3) is 11.8. The van der Waals surface area contributed by atoms with Gasteiger partial charge in [-0.2, -0.15) is 11.8 Å². The van der Waals surface area contributed by atoms with E-state index in [-0.39, 0.29) is 0 Å². The fourth-order valence-corrected chi connectivity index (χ4v) is 1.72. The number of carboxylic acid groups (broad SMARTS) is 1. The van der Waals surface area contributed by atoms with E-state index in [1.54, 1.807) is 0 Å². The Bertz CT molecular complexity index is 126. The van der Waals surface area contributed by atoms with Crippen LogP contribution in [0.2, 0.25) is 0 Å². The summed E-state index contributed by atoms with van der Waals surface area (Å²) in [6.45, 7) is 0. The molecule has 0 aromatic carbocycles. The number of carboxylic acids is 1. The SMILES string of the molecule is CSCCCCCCCCC(=O)O. The van der Waals surface area contributed by atoms with Gasteiger partial charge in [0.25, 0.3) is 0 Å². The summed E-state index contributed by atoms with van der Waals surface area (Å²) in [4.78, 5) is 10.2. The third-order valence-electron chi connectivity index (χ3n) is 1.99. The number of thioether (sulfide) groups is 1. The molecule has 13 heavy (non-hydrogen) atoms. The van der Waals surface area contributed by atoms with E-state index < -0.39 is 5.97 Å². The first-order valence-electron chi connectivity index (χ1n) is 4.98. The average molecular weight is 204 g/mol. The Balaban J connectivity index is 2.87. The second-order valence-electron chi connectivity index (χ2n) is 3.26. The van der Waals surface area contributed by atoms with Crippen LogP contribution in [-0.2, 0) is 4.79 Å².